The number of aromatic nitrogens is 1. The van der Waals surface area contributed by atoms with Crippen LogP contribution in [0.1, 0.15) is 33.4 Å². The van der Waals surface area contributed by atoms with Gasteiger partial charge in [0.1, 0.15) is 0 Å². The van der Waals surface area contributed by atoms with Crippen LogP contribution in [0.25, 0.3) is 0 Å². The molecule has 1 atom stereocenters. The SMILES string of the molecule is N#CC1CCn2c(C(=O)c3ccc(Br)s3)ccc21. The lowest BCUT2D eigenvalue weighted by Crippen LogP contribution is -2.07. The number of hydrogen-bond acceptors (Lipinski definition) is 3. The van der Waals surface area contributed by atoms with Crippen LogP contribution >= 0.6 is 27.3 Å². The number of carbonyl (C=O) groups is 1. The van der Waals surface area contributed by atoms with Crippen LogP contribution in [0.4, 0.5) is 0 Å². The lowest BCUT2D eigenvalue weighted by atomic mass is 10.1. The van der Waals surface area contributed by atoms with Gasteiger partial charge >= 0.3 is 0 Å². The van der Waals surface area contributed by atoms with Crippen molar-refractivity contribution >= 4 is 33.0 Å². The summed E-state index contributed by atoms with van der Waals surface area (Å²) in [7, 11) is 0. The quantitative estimate of drug-likeness (QED) is 0.794. The van der Waals surface area contributed by atoms with Gasteiger partial charge in [0, 0.05) is 12.2 Å². The number of nitrogens with zero attached hydrogens (tertiary/aromatic N) is 2. The average molecular weight is 321 g/mol. The molecule has 0 saturated carbocycles. The molecule has 0 aromatic carbocycles. The highest BCUT2D eigenvalue weighted by molar-refractivity contribution is 9.11. The number of rotatable bonds is 2. The maximum Gasteiger partial charge on any atom is 0.219 e. The fourth-order valence-electron chi connectivity index (χ4n) is 2.33. The molecule has 18 heavy (non-hydrogen) atoms. The zero-order valence-electron chi connectivity index (χ0n) is 9.39. The molecule has 3 rings (SSSR count). The number of nitriles is 1. The Balaban J connectivity index is 2.00. The predicted octanol–water partition coefficient (Wildman–Crippen LogP) is 3.55. The van der Waals surface area contributed by atoms with Gasteiger partial charge in [-0.15, -0.1) is 11.3 Å². The van der Waals surface area contributed by atoms with Crippen LogP contribution < -0.4 is 0 Å². The maximum absolute atomic E-state index is 12.4. The zero-order valence-corrected chi connectivity index (χ0v) is 11.8. The normalized spacial score (nSPS) is 17.4. The summed E-state index contributed by atoms with van der Waals surface area (Å²) in [6.07, 6.45) is 0.807. The van der Waals surface area contributed by atoms with Gasteiger partial charge in [-0.25, -0.2) is 0 Å². The predicted molar refractivity (Wildman–Crippen MR) is 72.9 cm³/mol. The van der Waals surface area contributed by atoms with E-state index in [1.807, 2.05) is 28.8 Å². The second-order valence-electron chi connectivity index (χ2n) is 4.20. The summed E-state index contributed by atoms with van der Waals surface area (Å²) in [5, 5.41) is 9.03. The van der Waals surface area contributed by atoms with E-state index in [1.54, 1.807) is 0 Å². The van der Waals surface area contributed by atoms with Crippen molar-refractivity contribution < 1.29 is 4.79 Å². The van der Waals surface area contributed by atoms with Crippen LogP contribution in [-0.4, -0.2) is 10.4 Å². The van der Waals surface area contributed by atoms with Crippen molar-refractivity contribution in [3.63, 3.8) is 0 Å². The molecule has 90 valence electrons. The van der Waals surface area contributed by atoms with Crippen molar-refractivity contribution in [2.75, 3.05) is 0 Å². The summed E-state index contributed by atoms with van der Waals surface area (Å²) in [5.74, 6) is -0.0304. The summed E-state index contributed by atoms with van der Waals surface area (Å²) in [5.41, 5.74) is 1.66. The fourth-order valence-corrected chi connectivity index (χ4v) is 3.67. The smallest absolute Gasteiger partial charge is 0.219 e. The van der Waals surface area contributed by atoms with Gasteiger partial charge in [0.05, 0.1) is 26.3 Å². The van der Waals surface area contributed by atoms with E-state index in [4.69, 9.17) is 5.26 Å². The van der Waals surface area contributed by atoms with Crippen molar-refractivity contribution in [3.05, 3.63) is 44.3 Å². The summed E-state index contributed by atoms with van der Waals surface area (Å²) in [6, 6.07) is 9.71. The molecule has 3 heterocycles. The van der Waals surface area contributed by atoms with E-state index in [0.29, 0.717) is 5.69 Å². The number of thiophene rings is 1. The Labute approximate surface area is 117 Å². The fraction of sp³-hybridized carbons (Fsp3) is 0.231. The third-order valence-corrected chi connectivity index (χ3v) is 4.82. The van der Waals surface area contributed by atoms with Gasteiger partial charge in [0.15, 0.2) is 0 Å². The molecule has 1 unspecified atom stereocenters. The summed E-state index contributed by atoms with van der Waals surface area (Å²) in [6.45, 7) is 0.758. The first-order valence-corrected chi connectivity index (χ1v) is 7.20. The van der Waals surface area contributed by atoms with Gasteiger partial charge in [-0.1, -0.05) is 0 Å². The van der Waals surface area contributed by atoms with E-state index in [0.717, 1.165) is 27.3 Å². The summed E-state index contributed by atoms with van der Waals surface area (Å²) in [4.78, 5) is 13.1. The molecular formula is C13H9BrN2OS. The van der Waals surface area contributed by atoms with Crippen LogP contribution in [-0.2, 0) is 6.54 Å². The van der Waals surface area contributed by atoms with E-state index in [9.17, 15) is 4.79 Å². The molecule has 0 amide bonds. The van der Waals surface area contributed by atoms with Crippen LogP contribution in [0, 0.1) is 11.3 Å². The second-order valence-corrected chi connectivity index (χ2v) is 6.66. The van der Waals surface area contributed by atoms with Gasteiger partial charge in [-0.3, -0.25) is 4.79 Å². The molecule has 3 nitrogen and oxygen atoms in total. The molecule has 2 aromatic heterocycles. The minimum Gasteiger partial charge on any atom is -0.341 e. The van der Waals surface area contributed by atoms with Gasteiger partial charge in [0.2, 0.25) is 5.78 Å². The highest BCUT2D eigenvalue weighted by atomic mass is 79.9. The summed E-state index contributed by atoms with van der Waals surface area (Å²) >= 11 is 4.80. The Bertz CT molecular complexity index is 665. The van der Waals surface area contributed by atoms with Crippen LogP contribution in [0.5, 0.6) is 0 Å². The Kier molecular flexibility index (Phi) is 2.84. The Morgan fingerprint density at radius 2 is 2.28 bits per heavy atom. The highest BCUT2D eigenvalue weighted by Gasteiger charge is 2.27. The number of fused-ring (bicyclic) bond motifs is 1. The van der Waals surface area contributed by atoms with Crippen molar-refractivity contribution in [1.82, 2.24) is 4.57 Å². The third-order valence-electron chi connectivity index (χ3n) is 3.20. The lowest BCUT2D eigenvalue weighted by molar-refractivity contribution is 0.103. The molecule has 0 bridgehead atoms. The van der Waals surface area contributed by atoms with Crippen LogP contribution in [0.15, 0.2) is 28.1 Å². The second kappa shape index (κ2) is 4.38. The lowest BCUT2D eigenvalue weighted by Gasteiger charge is -2.03. The minimum atomic E-state index is -0.0679. The van der Waals surface area contributed by atoms with E-state index in [1.165, 1.54) is 11.3 Å². The van der Waals surface area contributed by atoms with Crippen LogP contribution in [0.3, 0.4) is 0 Å². The first kappa shape index (κ1) is 11.7. The molecule has 5 heteroatoms. The largest absolute Gasteiger partial charge is 0.341 e. The Morgan fingerprint density at radius 1 is 1.44 bits per heavy atom. The third kappa shape index (κ3) is 1.73. The van der Waals surface area contributed by atoms with Gasteiger partial charge in [-0.2, -0.15) is 5.26 Å². The first-order chi connectivity index (χ1) is 8.70. The topological polar surface area (TPSA) is 45.8 Å². The van der Waals surface area contributed by atoms with E-state index >= 15 is 0 Å². The first-order valence-electron chi connectivity index (χ1n) is 5.60. The molecule has 1 aliphatic rings. The molecular weight excluding hydrogens is 312 g/mol. The standard InChI is InChI=1S/C13H9BrN2OS/c14-12-4-3-11(18-12)13(17)10-2-1-9-8(7-15)5-6-16(9)10/h1-4,8H,5-6H2. The monoisotopic (exact) mass is 320 g/mol. The Morgan fingerprint density at radius 3 is 2.94 bits per heavy atom. The number of hydrogen-bond donors (Lipinski definition) is 0. The Hall–Kier alpha value is -1.38. The molecule has 2 aromatic rings. The zero-order chi connectivity index (χ0) is 12.7. The molecule has 0 radical (unpaired) electrons. The van der Waals surface area contributed by atoms with Crippen LogP contribution in [0.2, 0.25) is 0 Å². The van der Waals surface area contributed by atoms with Crippen molar-refractivity contribution in [2.24, 2.45) is 0 Å². The number of halogens is 1. The molecule has 0 fully saturated rings. The van der Waals surface area contributed by atoms with Gasteiger partial charge in [0.25, 0.3) is 0 Å². The van der Waals surface area contributed by atoms with E-state index in [2.05, 4.69) is 22.0 Å². The van der Waals surface area contributed by atoms with E-state index in [-0.39, 0.29) is 11.7 Å². The van der Waals surface area contributed by atoms with Crippen molar-refractivity contribution in [1.29, 1.82) is 5.26 Å². The summed E-state index contributed by atoms with van der Waals surface area (Å²) < 4.78 is 2.93. The van der Waals surface area contributed by atoms with Gasteiger partial charge in [-0.05, 0) is 46.6 Å². The minimum absolute atomic E-state index is 0.0375. The molecule has 0 saturated heterocycles. The molecule has 1 aliphatic heterocycles. The molecule has 0 aliphatic carbocycles. The number of ketones is 1. The maximum atomic E-state index is 12.4. The number of carbonyl (C=O) groups excluding carboxylic acids is 1. The molecule has 0 spiro atoms. The van der Waals surface area contributed by atoms with Gasteiger partial charge < -0.3 is 4.57 Å². The molecule has 0 N–H and O–H groups in total. The highest BCUT2D eigenvalue weighted by Crippen LogP contribution is 2.32. The van der Waals surface area contributed by atoms with E-state index < -0.39 is 0 Å². The van der Waals surface area contributed by atoms with Crippen molar-refractivity contribution in [3.8, 4) is 6.07 Å². The average Bonchev–Trinajstić information content (AvgIpc) is 3.02. The van der Waals surface area contributed by atoms with Crippen molar-refractivity contribution in [2.45, 2.75) is 18.9 Å².